The van der Waals surface area contributed by atoms with Gasteiger partial charge < -0.3 is 5.11 Å². The molecule has 2 rings (SSSR count). The van der Waals surface area contributed by atoms with Crippen molar-refractivity contribution in [2.45, 2.75) is 13.8 Å². The maximum atomic E-state index is 11.1. The third-order valence-electron chi connectivity index (χ3n) is 2.29. The Morgan fingerprint density at radius 3 is 2.41 bits per heavy atom. The molecule has 3 nitrogen and oxygen atoms in total. The Balaban J connectivity index is 2.63. The van der Waals surface area contributed by atoms with Crippen molar-refractivity contribution >= 4 is 33.2 Å². The number of aromatic nitrogens is 1. The summed E-state index contributed by atoms with van der Waals surface area (Å²) < 4.78 is 0.587. The fourth-order valence-corrected chi connectivity index (χ4v) is 3.17. The van der Waals surface area contributed by atoms with E-state index in [1.807, 2.05) is 26.0 Å². The average molecular weight is 312 g/mol. The molecule has 1 N–H and O–H groups in total. The van der Waals surface area contributed by atoms with Gasteiger partial charge in [0, 0.05) is 0 Å². The molecule has 0 amide bonds. The molecular formula is C12H10BrNO2S. The van der Waals surface area contributed by atoms with Gasteiger partial charge >= 0.3 is 5.97 Å². The first kappa shape index (κ1) is 12.3. The van der Waals surface area contributed by atoms with Gasteiger partial charge in [-0.15, -0.1) is 11.3 Å². The zero-order valence-corrected chi connectivity index (χ0v) is 11.7. The Kier molecular flexibility index (Phi) is 3.31. The second kappa shape index (κ2) is 4.58. The second-order valence-electron chi connectivity index (χ2n) is 3.83. The largest absolute Gasteiger partial charge is 0.476 e. The fraction of sp³-hybridized carbons (Fsp3) is 0.167. The van der Waals surface area contributed by atoms with E-state index >= 15 is 0 Å². The molecule has 0 atom stereocenters. The fourth-order valence-electron chi connectivity index (χ4n) is 1.74. The predicted octanol–water partition coefficient (Wildman–Crippen LogP) is 3.89. The van der Waals surface area contributed by atoms with Crippen LogP contribution in [-0.2, 0) is 0 Å². The maximum Gasteiger partial charge on any atom is 0.356 e. The number of halogens is 1. The molecule has 1 aromatic heterocycles. The van der Waals surface area contributed by atoms with Crippen LogP contribution in [0.2, 0.25) is 0 Å². The Labute approximate surface area is 111 Å². The van der Waals surface area contributed by atoms with Crippen molar-refractivity contribution in [2.75, 3.05) is 0 Å². The van der Waals surface area contributed by atoms with Crippen molar-refractivity contribution in [3.63, 3.8) is 0 Å². The molecule has 17 heavy (non-hydrogen) atoms. The van der Waals surface area contributed by atoms with Crippen LogP contribution in [0.15, 0.2) is 22.1 Å². The van der Waals surface area contributed by atoms with Crippen LogP contribution >= 0.6 is 27.3 Å². The minimum Gasteiger partial charge on any atom is -0.476 e. The van der Waals surface area contributed by atoms with Gasteiger partial charge in [0.05, 0.1) is 4.88 Å². The number of aromatic carboxylic acids is 1. The zero-order chi connectivity index (χ0) is 12.6. The molecule has 5 heteroatoms. The molecular weight excluding hydrogens is 302 g/mol. The normalized spacial score (nSPS) is 10.5. The molecule has 1 aromatic carbocycles. The minimum atomic E-state index is -0.999. The summed E-state index contributed by atoms with van der Waals surface area (Å²) in [4.78, 5) is 15.8. The van der Waals surface area contributed by atoms with Crippen molar-refractivity contribution in [2.24, 2.45) is 0 Å². The van der Waals surface area contributed by atoms with E-state index in [1.54, 1.807) is 0 Å². The lowest BCUT2D eigenvalue weighted by Crippen LogP contribution is -1.98. The topological polar surface area (TPSA) is 50.2 Å². The van der Waals surface area contributed by atoms with Crippen LogP contribution in [0.25, 0.3) is 10.4 Å². The van der Waals surface area contributed by atoms with Gasteiger partial charge in [0.2, 0.25) is 0 Å². The highest BCUT2D eigenvalue weighted by Crippen LogP contribution is 2.34. The highest BCUT2D eigenvalue weighted by Gasteiger charge is 2.18. The van der Waals surface area contributed by atoms with Crippen molar-refractivity contribution in [1.82, 2.24) is 4.98 Å². The monoisotopic (exact) mass is 311 g/mol. The first-order chi connectivity index (χ1) is 7.97. The van der Waals surface area contributed by atoms with Gasteiger partial charge in [-0.25, -0.2) is 9.78 Å². The van der Waals surface area contributed by atoms with E-state index in [4.69, 9.17) is 5.11 Å². The first-order valence-electron chi connectivity index (χ1n) is 4.95. The molecule has 0 saturated heterocycles. The van der Waals surface area contributed by atoms with Crippen LogP contribution in [0.1, 0.15) is 21.6 Å². The van der Waals surface area contributed by atoms with E-state index < -0.39 is 5.97 Å². The molecule has 0 saturated carbocycles. The first-order valence-corrected chi connectivity index (χ1v) is 6.56. The summed E-state index contributed by atoms with van der Waals surface area (Å²) >= 11 is 4.57. The number of carboxylic acids is 1. The van der Waals surface area contributed by atoms with Crippen LogP contribution in [0.5, 0.6) is 0 Å². The van der Waals surface area contributed by atoms with Crippen LogP contribution in [-0.4, -0.2) is 16.1 Å². The third-order valence-corrected chi connectivity index (χ3v) is 3.84. The molecule has 88 valence electrons. The van der Waals surface area contributed by atoms with Crippen molar-refractivity contribution in [3.05, 3.63) is 38.9 Å². The standard InChI is InChI=1S/C12H10BrNO2S/c1-6-3-7(2)5-8(4-6)10-9(11(15)16)14-12(13)17-10/h3-5H,1-2H3,(H,15,16). The summed E-state index contributed by atoms with van der Waals surface area (Å²) in [5, 5.41) is 9.10. The summed E-state index contributed by atoms with van der Waals surface area (Å²) in [5.41, 5.74) is 3.23. The number of thiazole rings is 1. The summed E-state index contributed by atoms with van der Waals surface area (Å²) in [6.45, 7) is 3.99. The molecule has 0 unspecified atom stereocenters. The summed E-state index contributed by atoms with van der Waals surface area (Å²) in [5.74, 6) is -0.999. The zero-order valence-electron chi connectivity index (χ0n) is 9.32. The number of carboxylic acid groups (broad SMARTS) is 1. The Hall–Kier alpha value is -1.20. The predicted molar refractivity (Wildman–Crippen MR) is 71.7 cm³/mol. The van der Waals surface area contributed by atoms with Gasteiger partial charge in [0.1, 0.15) is 0 Å². The summed E-state index contributed by atoms with van der Waals surface area (Å²) in [7, 11) is 0. The Morgan fingerprint density at radius 1 is 1.29 bits per heavy atom. The van der Waals surface area contributed by atoms with E-state index in [0.717, 1.165) is 16.7 Å². The molecule has 0 aliphatic rings. The Bertz CT molecular complexity index is 572. The van der Waals surface area contributed by atoms with Crippen molar-refractivity contribution < 1.29 is 9.90 Å². The van der Waals surface area contributed by atoms with Crippen LogP contribution in [0.4, 0.5) is 0 Å². The lowest BCUT2D eigenvalue weighted by Gasteiger charge is -2.03. The van der Waals surface area contributed by atoms with Crippen LogP contribution in [0, 0.1) is 13.8 Å². The summed E-state index contributed by atoms with van der Waals surface area (Å²) in [6, 6.07) is 6.00. The molecule has 0 bridgehead atoms. The third kappa shape index (κ3) is 2.56. The number of hydrogen-bond acceptors (Lipinski definition) is 3. The maximum absolute atomic E-state index is 11.1. The smallest absolute Gasteiger partial charge is 0.356 e. The molecule has 0 fully saturated rings. The molecule has 1 heterocycles. The van der Waals surface area contributed by atoms with Gasteiger partial charge in [-0.3, -0.25) is 0 Å². The number of nitrogens with zero attached hydrogens (tertiary/aromatic N) is 1. The SMILES string of the molecule is Cc1cc(C)cc(-c2sc(Br)nc2C(=O)O)c1. The molecule has 0 aliphatic carbocycles. The van der Waals surface area contributed by atoms with E-state index in [9.17, 15) is 4.79 Å². The van der Waals surface area contributed by atoms with E-state index in [0.29, 0.717) is 8.79 Å². The van der Waals surface area contributed by atoms with Gasteiger partial charge in [-0.2, -0.15) is 0 Å². The van der Waals surface area contributed by atoms with Gasteiger partial charge in [-0.05, 0) is 35.3 Å². The van der Waals surface area contributed by atoms with E-state index in [1.165, 1.54) is 11.3 Å². The number of benzene rings is 1. The number of carbonyl (C=O) groups is 1. The summed E-state index contributed by atoms with van der Waals surface area (Å²) in [6.07, 6.45) is 0. The lowest BCUT2D eigenvalue weighted by atomic mass is 10.1. The highest BCUT2D eigenvalue weighted by molar-refractivity contribution is 9.11. The average Bonchev–Trinajstić information content (AvgIpc) is 2.59. The van der Waals surface area contributed by atoms with Crippen molar-refractivity contribution in [3.8, 4) is 10.4 Å². The Morgan fingerprint density at radius 2 is 1.88 bits per heavy atom. The molecule has 0 spiro atoms. The van der Waals surface area contributed by atoms with Crippen LogP contribution in [0.3, 0.4) is 0 Å². The molecule has 0 radical (unpaired) electrons. The van der Waals surface area contributed by atoms with Gasteiger partial charge in [0.25, 0.3) is 0 Å². The highest BCUT2D eigenvalue weighted by atomic mass is 79.9. The number of hydrogen-bond donors (Lipinski definition) is 1. The quantitative estimate of drug-likeness (QED) is 0.915. The second-order valence-corrected chi connectivity index (χ2v) is 6.10. The van der Waals surface area contributed by atoms with E-state index in [-0.39, 0.29) is 5.69 Å². The van der Waals surface area contributed by atoms with Gasteiger partial charge in [0.15, 0.2) is 9.61 Å². The van der Waals surface area contributed by atoms with Crippen LogP contribution < -0.4 is 0 Å². The minimum absolute atomic E-state index is 0.104. The number of aryl methyl sites for hydroxylation is 2. The number of rotatable bonds is 2. The van der Waals surface area contributed by atoms with Gasteiger partial charge in [-0.1, -0.05) is 29.3 Å². The molecule has 2 aromatic rings. The van der Waals surface area contributed by atoms with E-state index in [2.05, 4.69) is 27.0 Å². The lowest BCUT2D eigenvalue weighted by molar-refractivity contribution is 0.0692. The van der Waals surface area contributed by atoms with Crippen molar-refractivity contribution in [1.29, 1.82) is 0 Å². The molecule has 0 aliphatic heterocycles.